The van der Waals surface area contributed by atoms with E-state index >= 15 is 0 Å². The van der Waals surface area contributed by atoms with Crippen LogP contribution in [0.15, 0.2) is 65.8 Å². The van der Waals surface area contributed by atoms with Gasteiger partial charge in [0.15, 0.2) is 22.5 Å². The average Bonchev–Trinajstić information content (AvgIpc) is 3.27. The number of hydrogen-bond acceptors (Lipinski definition) is 6. The van der Waals surface area contributed by atoms with Crippen molar-refractivity contribution in [3.05, 3.63) is 77.9 Å². The Kier molecular flexibility index (Phi) is 6.79. The second-order valence-electron chi connectivity index (χ2n) is 6.93. The van der Waals surface area contributed by atoms with Crippen LogP contribution in [0.25, 0.3) is 17.1 Å². The Morgan fingerprint density at radius 2 is 1.58 bits per heavy atom. The van der Waals surface area contributed by atoms with Crippen LogP contribution < -0.4 is 14.2 Å². The fourth-order valence-electron chi connectivity index (χ4n) is 3.27. The van der Waals surface area contributed by atoms with Crippen molar-refractivity contribution in [1.82, 2.24) is 14.8 Å². The van der Waals surface area contributed by atoms with Crippen LogP contribution in [0, 0.1) is 11.6 Å². The highest BCUT2D eigenvalue weighted by Crippen LogP contribution is 2.35. The van der Waals surface area contributed by atoms with E-state index < -0.39 is 11.6 Å². The first-order chi connectivity index (χ1) is 16.0. The molecule has 0 saturated heterocycles. The summed E-state index contributed by atoms with van der Waals surface area (Å²) >= 11 is 1.30. The Bertz CT molecular complexity index is 1260. The second kappa shape index (κ2) is 9.91. The third-order valence-electron chi connectivity index (χ3n) is 4.98. The zero-order chi connectivity index (χ0) is 23.4. The minimum Gasteiger partial charge on any atom is -0.497 e. The summed E-state index contributed by atoms with van der Waals surface area (Å²) in [6.45, 7) is 0. The summed E-state index contributed by atoms with van der Waals surface area (Å²) in [6, 6.07) is 16.5. The number of ether oxygens (including phenoxy) is 3. The van der Waals surface area contributed by atoms with Crippen molar-refractivity contribution in [2.45, 2.75) is 10.9 Å². The molecule has 4 rings (SSSR count). The molecule has 0 aliphatic heterocycles. The molecule has 1 heterocycles. The number of rotatable bonds is 8. The molecule has 170 valence electrons. The van der Waals surface area contributed by atoms with E-state index in [0.29, 0.717) is 33.8 Å². The van der Waals surface area contributed by atoms with Gasteiger partial charge in [-0.2, -0.15) is 0 Å². The summed E-state index contributed by atoms with van der Waals surface area (Å²) in [7, 11) is 4.73. The summed E-state index contributed by atoms with van der Waals surface area (Å²) in [6.07, 6.45) is 0. The first kappa shape index (κ1) is 22.6. The van der Waals surface area contributed by atoms with Gasteiger partial charge in [-0.15, -0.1) is 10.2 Å². The normalized spacial score (nSPS) is 10.8. The highest BCUT2D eigenvalue weighted by molar-refractivity contribution is 7.98. The molecule has 4 aromatic rings. The Morgan fingerprint density at radius 3 is 2.24 bits per heavy atom. The van der Waals surface area contributed by atoms with Crippen molar-refractivity contribution in [3.63, 3.8) is 0 Å². The third-order valence-corrected chi connectivity index (χ3v) is 5.96. The van der Waals surface area contributed by atoms with Crippen LogP contribution in [0.4, 0.5) is 8.78 Å². The molecule has 9 heteroatoms. The molecule has 0 fully saturated rings. The van der Waals surface area contributed by atoms with Crippen molar-refractivity contribution < 1.29 is 23.0 Å². The molecule has 0 amide bonds. The van der Waals surface area contributed by atoms with Crippen molar-refractivity contribution >= 4 is 11.8 Å². The summed E-state index contributed by atoms with van der Waals surface area (Å²) in [4.78, 5) is 0. The Balaban J connectivity index is 1.76. The molecule has 0 aliphatic rings. The maximum atomic E-state index is 14.1. The molecular formula is C24H21F2N3O3S. The zero-order valence-electron chi connectivity index (χ0n) is 18.2. The molecule has 0 N–H and O–H groups in total. The van der Waals surface area contributed by atoms with Gasteiger partial charge >= 0.3 is 0 Å². The van der Waals surface area contributed by atoms with Gasteiger partial charge in [-0.3, -0.25) is 4.57 Å². The number of benzene rings is 3. The summed E-state index contributed by atoms with van der Waals surface area (Å²) in [5.74, 6) is 1.48. The molecule has 0 radical (unpaired) electrons. The number of aromatic nitrogens is 3. The Labute approximate surface area is 194 Å². The molecule has 0 bridgehead atoms. The van der Waals surface area contributed by atoms with E-state index in [1.54, 1.807) is 27.4 Å². The maximum absolute atomic E-state index is 14.1. The Hall–Kier alpha value is -3.59. The SMILES string of the molecule is COc1ccc(-n2c(SCc3ccc(F)cc3F)nnc2-c2ccc(OC)c(OC)c2)cc1. The van der Waals surface area contributed by atoms with Gasteiger partial charge in [0.2, 0.25) is 0 Å². The molecular weight excluding hydrogens is 448 g/mol. The molecule has 0 spiro atoms. The van der Waals surface area contributed by atoms with Crippen molar-refractivity contribution in [1.29, 1.82) is 0 Å². The third kappa shape index (κ3) is 4.78. The smallest absolute Gasteiger partial charge is 0.196 e. The van der Waals surface area contributed by atoms with Crippen LogP contribution in [0.1, 0.15) is 5.56 Å². The predicted octanol–water partition coefficient (Wildman–Crippen LogP) is 5.53. The van der Waals surface area contributed by atoms with Crippen molar-refractivity contribution in [3.8, 4) is 34.3 Å². The van der Waals surface area contributed by atoms with E-state index in [-0.39, 0.29) is 5.75 Å². The molecule has 6 nitrogen and oxygen atoms in total. The molecule has 0 aliphatic carbocycles. The number of hydrogen-bond donors (Lipinski definition) is 0. The van der Waals surface area contributed by atoms with E-state index in [2.05, 4.69) is 10.2 Å². The van der Waals surface area contributed by atoms with E-state index in [9.17, 15) is 8.78 Å². The highest BCUT2D eigenvalue weighted by atomic mass is 32.2. The lowest BCUT2D eigenvalue weighted by Crippen LogP contribution is -2.01. The van der Waals surface area contributed by atoms with Crippen molar-refractivity contribution in [2.75, 3.05) is 21.3 Å². The molecule has 0 atom stereocenters. The van der Waals surface area contributed by atoms with Gasteiger partial charge in [0.1, 0.15) is 17.4 Å². The van der Waals surface area contributed by atoms with Crippen LogP contribution in [-0.4, -0.2) is 36.1 Å². The van der Waals surface area contributed by atoms with Gasteiger partial charge in [0.05, 0.1) is 21.3 Å². The maximum Gasteiger partial charge on any atom is 0.196 e. The average molecular weight is 470 g/mol. The lowest BCUT2D eigenvalue weighted by Gasteiger charge is -2.13. The van der Waals surface area contributed by atoms with Gasteiger partial charge in [-0.05, 0) is 54.1 Å². The minimum atomic E-state index is -0.613. The van der Waals surface area contributed by atoms with Gasteiger partial charge in [0, 0.05) is 23.1 Å². The fraction of sp³-hybridized carbons (Fsp3) is 0.167. The zero-order valence-corrected chi connectivity index (χ0v) is 19.0. The van der Waals surface area contributed by atoms with Gasteiger partial charge in [-0.25, -0.2) is 8.78 Å². The van der Waals surface area contributed by atoms with Crippen LogP contribution in [0.2, 0.25) is 0 Å². The van der Waals surface area contributed by atoms with Crippen LogP contribution in [0.3, 0.4) is 0 Å². The molecule has 3 aromatic carbocycles. The van der Waals surface area contributed by atoms with E-state index in [0.717, 1.165) is 17.3 Å². The number of halogens is 2. The lowest BCUT2D eigenvalue weighted by molar-refractivity contribution is 0.355. The summed E-state index contributed by atoms with van der Waals surface area (Å²) in [5.41, 5.74) is 1.93. The quantitative estimate of drug-likeness (QED) is 0.316. The first-order valence-electron chi connectivity index (χ1n) is 9.93. The van der Waals surface area contributed by atoms with Gasteiger partial charge in [0.25, 0.3) is 0 Å². The molecule has 1 aromatic heterocycles. The Morgan fingerprint density at radius 1 is 0.818 bits per heavy atom. The van der Waals surface area contributed by atoms with Gasteiger partial charge < -0.3 is 14.2 Å². The van der Waals surface area contributed by atoms with Crippen molar-refractivity contribution in [2.24, 2.45) is 0 Å². The number of thioether (sulfide) groups is 1. The summed E-state index contributed by atoms with van der Waals surface area (Å²) in [5, 5.41) is 9.29. The minimum absolute atomic E-state index is 0.256. The summed E-state index contributed by atoms with van der Waals surface area (Å²) < 4.78 is 45.3. The first-order valence-corrected chi connectivity index (χ1v) is 10.9. The fourth-order valence-corrected chi connectivity index (χ4v) is 4.21. The van der Waals surface area contributed by atoms with Crippen LogP contribution >= 0.6 is 11.8 Å². The largest absolute Gasteiger partial charge is 0.497 e. The van der Waals surface area contributed by atoms with Crippen LogP contribution in [0.5, 0.6) is 17.2 Å². The molecule has 0 saturated carbocycles. The van der Waals surface area contributed by atoms with E-state index in [4.69, 9.17) is 14.2 Å². The predicted molar refractivity (Wildman–Crippen MR) is 122 cm³/mol. The lowest BCUT2D eigenvalue weighted by atomic mass is 10.2. The topological polar surface area (TPSA) is 58.4 Å². The second-order valence-corrected chi connectivity index (χ2v) is 7.88. The highest BCUT2D eigenvalue weighted by Gasteiger charge is 2.19. The van der Waals surface area contributed by atoms with Crippen LogP contribution in [-0.2, 0) is 5.75 Å². The molecule has 0 unspecified atom stereocenters. The van der Waals surface area contributed by atoms with E-state index in [1.165, 1.54) is 23.9 Å². The number of nitrogens with zero attached hydrogens (tertiary/aromatic N) is 3. The van der Waals surface area contributed by atoms with Gasteiger partial charge in [-0.1, -0.05) is 17.8 Å². The standard InChI is InChI=1S/C24H21F2N3O3S/c1-30-19-9-7-18(8-10-19)29-23(15-5-11-21(31-2)22(12-15)32-3)27-28-24(29)33-14-16-4-6-17(25)13-20(16)26/h4-13H,14H2,1-3H3. The van der Waals surface area contributed by atoms with E-state index in [1.807, 2.05) is 41.0 Å². The monoisotopic (exact) mass is 469 g/mol. The number of methoxy groups -OCH3 is 3. The molecule has 33 heavy (non-hydrogen) atoms.